The molecule has 8 bridgehead atoms. The molecule has 2 aromatic rings. The van der Waals surface area contributed by atoms with Crippen LogP contribution in [0.1, 0.15) is 126 Å². The first-order chi connectivity index (χ1) is 23.5. The van der Waals surface area contributed by atoms with Crippen LogP contribution >= 0.6 is 0 Å². The average Bonchev–Trinajstić information content (AvgIpc) is 3.84. The second kappa shape index (κ2) is 15.6. The average molecular weight is 631 g/mol. The molecule has 0 fully saturated rings. The van der Waals surface area contributed by atoms with Crippen molar-refractivity contribution in [2.75, 3.05) is 0 Å². The van der Waals surface area contributed by atoms with Crippen LogP contribution in [-0.4, -0.2) is 21.4 Å². The number of aliphatic imine (C=N–C) groups is 2. The van der Waals surface area contributed by atoms with E-state index >= 15 is 0 Å². The molecule has 2 N–H and O–H groups in total. The van der Waals surface area contributed by atoms with E-state index in [9.17, 15) is 0 Å². The third kappa shape index (κ3) is 6.64. The van der Waals surface area contributed by atoms with Crippen molar-refractivity contribution >= 4 is 23.6 Å². The maximum Gasteiger partial charge on any atom is 0.118 e. The lowest BCUT2D eigenvalue weighted by Gasteiger charge is -2.03. The summed E-state index contributed by atoms with van der Waals surface area (Å²) in [5.41, 5.74) is 30.3. The Balaban J connectivity index is 1.78. The van der Waals surface area contributed by atoms with Gasteiger partial charge in [0.05, 0.1) is 22.8 Å². The van der Waals surface area contributed by atoms with Gasteiger partial charge in [-0.2, -0.15) is 0 Å². The van der Waals surface area contributed by atoms with E-state index in [0.29, 0.717) is 0 Å². The number of nitrogens with one attached hydrogen (secondary N) is 2. The van der Waals surface area contributed by atoms with Crippen LogP contribution in [0.2, 0.25) is 0 Å². The molecule has 2 aromatic heterocycles. The Hall–Kier alpha value is -5.16. The Morgan fingerprint density at radius 2 is 0.833 bits per heavy atom. The molecular weight excluding hydrogens is 585 g/mol. The summed E-state index contributed by atoms with van der Waals surface area (Å²) in [7, 11) is 0. The molecule has 0 aliphatic carbocycles. The zero-order valence-corrected chi connectivity index (χ0v) is 29.9. The van der Waals surface area contributed by atoms with E-state index < -0.39 is 0 Å². The van der Waals surface area contributed by atoms with Crippen molar-refractivity contribution in [3.05, 3.63) is 114 Å². The summed E-state index contributed by atoms with van der Waals surface area (Å²) in [5.74, 6) is 13.0. The molecule has 0 spiro atoms. The van der Waals surface area contributed by atoms with Crippen LogP contribution in [0.4, 0.5) is 0 Å². The van der Waals surface area contributed by atoms with Gasteiger partial charge in [-0.15, -0.1) is 0 Å². The molecule has 0 unspecified atom stereocenters. The summed E-state index contributed by atoms with van der Waals surface area (Å²) >= 11 is 0. The van der Waals surface area contributed by atoms with Crippen molar-refractivity contribution in [3.8, 4) is 23.7 Å². The highest BCUT2D eigenvalue weighted by atomic mass is 14.8. The number of aromatic amines is 2. The number of rotatable bonds is 8. The summed E-state index contributed by atoms with van der Waals surface area (Å²) in [6.07, 6.45) is 15.7. The lowest BCUT2D eigenvalue weighted by molar-refractivity contribution is 1.05. The molecular formula is C44H46N4. The summed E-state index contributed by atoms with van der Waals surface area (Å²) in [5, 5.41) is 0. The summed E-state index contributed by atoms with van der Waals surface area (Å²) in [4.78, 5) is 17.2. The van der Waals surface area contributed by atoms with Crippen molar-refractivity contribution in [2.45, 2.75) is 107 Å². The van der Waals surface area contributed by atoms with Crippen LogP contribution in [-0.2, 0) is 25.7 Å². The SMILES string of the molecule is CCC1=C(CC)C2=NC1=C=C=C=C=C1N=C(C=Cc3[nH]c(c(CC)c3CC)C#CC#Cc3[nH]c(c(CC)c3CC)C=C2)C(CC)=C1CC. The van der Waals surface area contributed by atoms with E-state index in [0.717, 1.165) is 97.0 Å². The summed E-state index contributed by atoms with van der Waals surface area (Å²) < 4.78 is 0. The van der Waals surface area contributed by atoms with Crippen LogP contribution in [0.25, 0.3) is 12.2 Å². The van der Waals surface area contributed by atoms with Gasteiger partial charge in [-0.3, -0.25) is 0 Å². The molecule has 3 aliphatic heterocycles. The molecule has 3 aliphatic rings. The first-order valence-corrected chi connectivity index (χ1v) is 17.7. The zero-order valence-electron chi connectivity index (χ0n) is 29.9. The minimum Gasteiger partial charge on any atom is -0.348 e. The maximum atomic E-state index is 5.00. The fourth-order valence-corrected chi connectivity index (χ4v) is 7.12. The molecule has 242 valence electrons. The normalized spacial score (nSPS) is 15.2. The standard InChI is InChI=1S/C44H46N4/c1-9-29-33(13-5)41-25-26-42-34(14-6)30(10-2)39(46-42)23-19-20-24-40-32(12-4)36(16-8)44(48-40)28-27-43-35(15-7)31(11-3)38(47-43)22-18-17-21-37(29)45-41/h25-28,45,47H,9-16H2,1-8H3. The van der Waals surface area contributed by atoms with Gasteiger partial charge in [0.25, 0.3) is 0 Å². The summed E-state index contributed by atoms with van der Waals surface area (Å²) in [6.45, 7) is 17.5. The topological polar surface area (TPSA) is 56.3 Å². The molecule has 48 heavy (non-hydrogen) atoms. The number of hydrogen-bond acceptors (Lipinski definition) is 2. The molecule has 0 saturated carbocycles. The minimum absolute atomic E-state index is 0.812. The van der Waals surface area contributed by atoms with Gasteiger partial charge in [0.1, 0.15) is 11.4 Å². The van der Waals surface area contributed by atoms with Gasteiger partial charge in [0.2, 0.25) is 0 Å². The molecule has 0 radical (unpaired) electrons. The molecule has 0 amide bonds. The maximum absolute atomic E-state index is 5.00. The Bertz CT molecular complexity index is 1990. The smallest absolute Gasteiger partial charge is 0.118 e. The van der Waals surface area contributed by atoms with E-state index in [1.807, 2.05) is 0 Å². The van der Waals surface area contributed by atoms with Gasteiger partial charge in [0.15, 0.2) is 0 Å². The van der Waals surface area contributed by atoms with Gasteiger partial charge < -0.3 is 9.97 Å². The Labute approximate surface area is 287 Å². The Morgan fingerprint density at radius 1 is 0.458 bits per heavy atom. The molecule has 0 atom stereocenters. The Kier molecular flexibility index (Phi) is 11.1. The first-order valence-electron chi connectivity index (χ1n) is 17.7. The quantitative estimate of drug-likeness (QED) is 0.215. The monoisotopic (exact) mass is 630 g/mol. The van der Waals surface area contributed by atoms with Crippen LogP contribution < -0.4 is 0 Å². The number of H-pyrrole nitrogens is 2. The molecule has 0 saturated heterocycles. The van der Waals surface area contributed by atoms with E-state index in [-0.39, 0.29) is 0 Å². The van der Waals surface area contributed by atoms with Crippen molar-refractivity contribution in [1.82, 2.24) is 9.97 Å². The third-order valence-electron chi connectivity index (χ3n) is 9.39. The minimum atomic E-state index is 0.812. The Morgan fingerprint density at radius 3 is 1.17 bits per heavy atom. The van der Waals surface area contributed by atoms with Crippen LogP contribution in [0, 0.1) is 23.7 Å². The van der Waals surface area contributed by atoms with E-state index in [1.54, 1.807) is 0 Å². The second-order valence-electron chi connectivity index (χ2n) is 11.8. The predicted octanol–water partition coefficient (Wildman–Crippen LogP) is 10.0. The fourth-order valence-electron chi connectivity index (χ4n) is 7.12. The summed E-state index contributed by atoms with van der Waals surface area (Å²) in [6, 6.07) is 0. The van der Waals surface area contributed by atoms with Crippen molar-refractivity contribution < 1.29 is 0 Å². The highest BCUT2D eigenvalue weighted by Gasteiger charge is 2.21. The molecule has 4 nitrogen and oxygen atoms in total. The number of allylic oxidation sites excluding steroid dienone is 6. The number of nitrogens with zero attached hydrogens (tertiary/aromatic N) is 2. The van der Waals surface area contributed by atoms with Crippen LogP contribution in [0.5, 0.6) is 0 Å². The van der Waals surface area contributed by atoms with Gasteiger partial charge in [-0.1, -0.05) is 55.4 Å². The highest BCUT2D eigenvalue weighted by molar-refractivity contribution is 6.14. The first kappa shape index (κ1) is 34.2. The number of aromatic nitrogens is 2. The lowest BCUT2D eigenvalue weighted by Crippen LogP contribution is -1.96. The van der Waals surface area contributed by atoms with Crippen molar-refractivity contribution in [2.24, 2.45) is 9.98 Å². The lowest BCUT2D eigenvalue weighted by atomic mass is 9.99. The van der Waals surface area contributed by atoms with E-state index in [2.05, 4.69) is 136 Å². The largest absolute Gasteiger partial charge is 0.348 e. The van der Waals surface area contributed by atoms with Crippen molar-refractivity contribution in [3.63, 3.8) is 0 Å². The van der Waals surface area contributed by atoms with Crippen molar-refractivity contribution in [1.29, 1.82) is 0 Å². The van der Waals surface area contributed by atoms with Crippen LogP contribution in [0.3, 0.4) is 0 Å². The number of hydrogen-bond donors (Lipinski definition) is 2. The second-order valence-corrected chi connectivity index (χ2v) is 11.8. The highest BCUT2D eigenvalue weighted by Crippen LogP contribution is 2.32. The van der Waals surface area contributed by atoms with Crippen LogP contribution in [0.15, 0.2) is 78.7 Å². The third-order valence-corrected chi connectivity index (χ3v) is 9.39. The number of fused-ring (bicyclic) bond motifs is 6. The fraction of sp³-hybridized carbons (Fsp3) is 0.364. The molecule has 5 rings (SSSR count). The van der Waals surface area contributed by atoms with Gasteiger partial charge in [-0.05, 0) is 167 Å². The van der Waals surface area contributed by atoms with E-state index in [1.165, 1.54) is 44.5 Å². The zero-order chi connectivity index (χ0) is 34.2. The predicted molar refractivity (Wildman–Crippen MR) is 202 cm³/mol. The van der Waals surface area contributed by atoms with E-state index in [4.69, 9.17) is 9.98 Å². The van der Waals surface area contributed by atoms with Gasteiger partial charge in [0, 0.05) is 11.4 Å². The van der Waals surface area contributed by atoms with Gasteiger partial charge >= 0.3 is 0 Å². The molecule has 0 aromatic carbocycles. The molecule has 5 heterocycles. The van der Waals surface area contributed by atoms with Gasteiger partial charge in [-0.25, -0.2) is 9.98 Å². The molecule has 4 heteroatoms.